The fourth-order valence-electron chi connectivity index (χ4n) is 1.32. The van der Waals surface area contributed by atoms with Gasteiger partial charge in [0.1, 0.15) is 0 Å². The van der Waals surface area contributed by atoms with Crippen molar-refractivity contribution >= 4 is 14.0 Å². The van der Waals surface area contributed by atoms with E-state index in [1.165, 1.54) is 5.56 Å². The first-order valence-corrected chi connectivity index (χ1v) is 9.11. The van der Waals surface area contributed by atoms with Gasteiger partial charge in [0.25, 0.3) is 0 Å². The molecule has 1 aromatic rings. The van der Waals surface area contributed by atoms with Crippen molar-refractivity contribution in [1.29, 1.82) is 0 Å². The van der Waals surface area contributed by atoms with Gasteiger partial charge >= 0.3 is 0 Å². The van der Waals surface area contributed by atoms with E-state index in [-0.39, 0.29) is 5.04 Å². The van der Waals surface area contributed by atoms with Crippen LogP contribution >= 0.6 is 0 Å². The van der Waals surface area contributed by atoms with Crippen LogP contribution in [-0.2, 0) is 10.8 Å². The monoisotopic (exact) mass is 251 g/mol. The highest BCUT2D eigenvalue weighted by Gasteiger charge is 2.36. The summed E-state index contributed by atoms with van der Waals surface area (Å²) in [7, 11) is -1.59. The second-order valence-corrected chi connectivity index (χ2v) is 10.9. The Kier molecular flexibility index (Phi) is 4.39. The Bertz CT molecular complexity index is 351. The molecule has 3 heteroatoms. The summed E-state index contributed by atoms with van der Waals surface area (Å²) >= 11 is 0. The van der Waals surface area contributed by atoms with Crippen molar-refractivity contribution in [3.05, 3.63) is 29.8 Å². The third-order valence-electron chi connectivity index (χ3n) is 3.64. The van der Waals surface area contributed by atoms with Gasteiger partial charge in [-0.1, -0.05) is 32.9 Å². The predicted octanol–water partition coefficient (Wildman–Crippen LogP) is 3.83. The number of anilines is 1. The summed E-state index contributed by atoms with van der Waals surface area (Å²) in [5.74, 6) is 0. The summed E-state index contributed by atoms with van der Waals surface area (Å²) in [5.41, 5.74) is 7.77. The third-order valence-corrected chi connectivity index (χ3v) is 8.18. The van der Waals surface area contributed by atoms with E-state index in [1.54, 1.807) is 0 Å². The van der Waals surface area contributed by atoms with E-state index in [2.05, 4.69) is 46.0 Å². The van der Waals surface area contributed by atoms with E-state index in [0.717, 1.165) is 18.7 Å². The van der Waals surface area contributed by atoms with Crippen LogP contribution in [0, 0.1) is 0 Å². The molecular weight excluding hydrogens is 226 g/mol. The van der Waals surface area contributed by atoms with Gasteiger partial charge < -0.3 is 10.2 Å². The van der Waals surface area contributed by atoms with E-state index >= 15 is 0 Å². The topological polar surface area (TPSA) is 35.2 Å². The number of hydrogen-bond donors (Lipinski definition) is 1. The summed E-state index contributed by atoms with van der Waals surface area (Å²) in [6.45, 7) is 12.2. The van der Waals surface area contributed by atoms with E-state index in [0.29, 0.717) is 0 Å². The molecule has 0 spiro atoms. The van der Waals surface area contributed by atoms with E-state index in [4.69, 9.17) is 10.2 Å². The van der Waals surface area contributed by atoms with Gasteiger partial charge in [-0.15, -0.1) is 0 Å². The van der Waals surface area contributed by atoms with Gasteiger partial charge in [-0.25, -0.2) is 0 Å². The van der Waals surface area contributed by atoms with Gasteiger partial charge in [0, 0.05) is 12.3 Å². The summed E-state index contributed by atoms with van der Waals surface area (Å²) in [4.78, 5) is 0. The Hall–Kier alpha value is -0.803. The number of rotatable bonds is 4. The van der Waals surface area contributed by atoms with Gasteiger partial charge in [-0.05, 0) is 42.2 Å². The fourth-order valence-corrected chi connectivity index (χ4v) is 2.37. The van der Waals surface area contributed by atoms with Crippen molar-refractivity contribution in [3.8, 4) is 0 Å². The standard InChI is InChI=1S/C14H25NOSi/c1-14(2,3)17(4,5)16-11-10-12-6-8-13(15)9-7-12/h6-9H,10-11,15H2,1-5H3. The normalized spacial score (nSPS) is 12.8. The number of benzene rings is 1. The van der Waals surface area contributed by atoms with E-state index in [9.17, 15) is 0 Å². The number of nitrogens with two attached hydrogens (primary N) is 1. The first-order valence-electron chi connectivity index (χ1n) is 6.21. The van der Waals surface area contributed by atoms with Crippen molar-refractivity contribution in [2.24, 2.45) is 0 Å². The molecule has 1 aromatic carbocycles. The van der Waals surface area contributed by atoms with Crippen LogP contribution in [0.25, 0.3) is 0 Å². The minimum absolute atomic E-state index is 0.286. The molecule has 17 heavy (non-hydrogen) atoms. The molecule has 0 aliphatic rings. The van der Waals surface area contributed by atoms with Crippen LogP contribution in [0.5, 0.6) is 0 Å². The highest BCUT2D eigenvalue weighted by molar-refractivity contribution is 6.74. The van der Waals surface area contributed by atoms with Crippen molar-refractivity contribution in [2.45, 2.75) is 45.3 Å². The lowest BCUT2D eigenvalue weighted by atomic mass is 10.1. The molecule has 0 bridgehead atoms. The molecule has 0 saturated carbocycles. The van der Waals surface area contributed by atoms with Crippen LogP contribution in [0.3, 0.4) is 0 Å². The molecule has 0 amide bonds. The molecule has 0 aromatic heterocycles. The summed E-state index contributed by atoms with van der Waals surface area (Å²) in [6, 6.07) is 8.04. The van der Waals surface area contributed by atoms with Crippen LogP contribution in [-0.4, -0.2) is 14.9 Å². The molecule has 2 N–H and O–H groups in total. The molecule has 0 aliphatic heterocycles. The second-order valence-electron chi connectivity index (χ2n) is 6.10. The van der Waals surface area contributed by atoms with Crippen LogP contribution < -0.4 is 5.73 Å². The Morgan fingerprint density at radius 2 is 1.65 bits per heavy atom. The van der Waals surface area contributed by atoms with Gasteiger partial charge in [0.2, 0.25) is 0 Å². The Morgan fingerprint density at radius 1 is 1.12 bits per heavy atom. The van der Waals surface area contributed by atoms with Gasteiger partial charge in [-0.2, -0.15) is 0 Å². The third kappa shape index (κ3) is 4.17. The maximum absolute atomic E-state index is 6.14. The molecule has 0 heterocycles. The second kappa shape index (κ2) is 5.23. The fraction of sp³-hybridized carbons (Fsp3) is 0.571. The first-order chi connectivity index (χ1) is 7.72. The van der Waals surface area contributed by atoms with Gasteiger partial charge in [-0.3, -0.25) is 0 Å². The van der Waals surface area contributed by atoms with Crippen LogP contribution in [0.4, 0.5) is 5.69 Å². The van der Waals surface area contributed by atoms with Crippen LogP contribution in [0.15, 0.2) is 24.3 Å². The zero-order valence-electron chi connectivity index (χ0n) is 11.7. The van der Waals surface area contributed by atoms with Crippen molar-refractivity contribution in [2.75, 3.05) is 12.3 Å². The molecule has 1 rings (SSSR count). The quantitative estimate of drug-likeness (QED) is 0.652. The van der Waals surface area contributed by atoms with Gasteiger partial charge in [0.15, 0.2) is 8.32 Å². The molecule has 0 radical (unpaired) electrons. The van der Waals surface area contributed by atoms with Crippen molar-refractivity contribution in [3.63, 3.8) is 0 Å². The molecule has 0 saturated heterocycles. The maximum atomic E-state index is 6.14. The highest BCUT2D eigenvalue weighted by atomic mass is 28.4. The smallest absolute Gasteiger partial charge is 0.191 e. The minimum atomic E-state index is -1.59. The first kappa shape index (κ1) is 14.3. The lowest BCUT2D eigenvalue weighted by Gasteiger charge is -2.36. The molecule has 0 aliphatic carbocycles. The van der Waals surface area contributed by atoms with Gasteiger partial charge in [0.05, 0.1) is 0 Å². The number of nitrogen functional groups attached to an aromatic ring is 1. The molecule has 0 atom stereocenters. The molecule has 0 unspecified atom stereocenters. The summed E-state index contributed by atoms with van der Waals surface area (Å²) < 4.78 is 6.14. The van der Waals surface area contributed by atoms with Crippen LogP contribution in [0.2, 0.25) is 18.1 Å². The zero-order chi connectivity index (χ0) is 13.1. The van der Waals surface area contributed by atoms with Crippen molar-refractivity contribution < 1.29 is 4.43 Å². The highest BCUT2D eigenvalue weighted by Crippen LogP contribution is 2.36. The zero-order valence-corrected chi connectivity index (χ0v) is 12.7. The maximum Gasteiger partial charge on any atom is 0.191 e. The average Bonchev–Trinajstić information content (AvgIpc) is 2.19. The lowest BCUT2D eigenvalue weighted by Crippen LogP contribution is -2.41. The van der Waals surface area contributed by atoms with Crippen molar-refractivity contribution in [1.82, 2.24) is 0 Å². The lowest BCUT2D eigenvalue weighted by molar-refractivity contribution is 0.292. The SMILES string of the molecule is CC(C)(C)[Si](C)(C)OCCc1ccc(N)cc1. The predicted molar refractivity (Wildman–Crippen MR) is 77.7 cm³/mol. The minimum Gasteiger partial charge on any atom is -0.416 e. The van der Waals surface area contributed by atoms with E-state index in [1.807, 2.05) is 12.1 Å². The summed E-state index contributed by atoms with van der Waals surface area (Å²) in [5, 5.41) is 0.286. The van der Waals surface area contributed by atoms with E-state index < -0.39 is 8.32 Å². The molecule has 2 nitrogen and oxygen atoms in total. The average molecular weight is 251 g/mol. The summed E-state index contributed by atoms with van der Waals surface area (Å²) in [6.07, 6.45) is 0.965. The van der Waals surface area contributed by atoms with Crippen LogP contribution in [0.1, 0.15) is 26.3 Å². The Labute approximate surface area is 106 Å². The molecule has 0 fully saturated rings. The molecule has 96 valence electrons. The Morgan fingerprint density at radius 3 is 2.12 bits per heavy atom. The molecular formula is C14H25NOSi. The Balaban J connectivity index is 2.45. The largest absolute Gasteiger partial charge is 0.416 e. The number of hydrogen-bond acceptors (Lipinski definition) is 2.